The van der Waals surface area contributed by atoms with Crippen molar-refractivity contribution in [3.05, 3.63) is 44.7 Å². The van der Waals surface area contributed by atoms with Crippen LogP contribution in [-0.4, -0.2) is 40.5 Å². The number of benzene rings is 1. The zero-order valence-electron chi connectivity index (χ0n) is 16.1. The van der Waals surface area contributed by atoms with Gasteiger partial charge < -0.3 is 14.8 Å². The van der Waals surface area contributed by atoms with Gasteiger partial charge in [-0.25, -0.2) is 4.79 Å². The van der Waals surface area contributed by atoms with Gasteiger partial charge in [-0.1, -0.05) is 6.92 Å². The Morgan fingerprint density at radius 1 is 1.19 bits per heavy atom. The van der Waals surface area contributed by atoms with Gasteiger partial charge in [-0.3, -0.25) is 14.2 Å². The lowest BCUT2D eigenvalue weighted by Crippen LogP contribution is -2.46. The van der Waals surface area contributed by atoms with E-state index in [-0.39, 0.29) is 18.3 Å². The molecule has 1 amide bonds. The molecule has 0 aliphatic heterocycles. The molecule has 0 fully saturated rings. The lowest BCUT2D eigenvalue weighted by atomic mass is 10.2. The first kappa shape index (κ1) is 20.2. The van der Waals surface area contributed by atoms with E-state index in [1.807, 2.05) is 6.92 Å². The Balaban J connectivity index is 2.72. The van der Waals surface area contributed by atoms with Gasteiger partial charge in [0.15, 0.2) is 11.5 Å². The van der Waals surface area contributed by atoms with E-state index in [1.165, 1.54) is 14.2 Å². The topological polar surface area (TPSA) is 104 Å². The molecule has 0 spiro atoms. The van der Waals surface area contributed by atoms with E-state index < -0.39 is 17.2 Å². The molecule has 1 N–H and O–H groups in total. The van der Waals surface area contributed by atoms with Crippen LogP contribution in [0.4, 0.5) is 0 Å². The van der Waals surface area contributed by atoms with Crippen LogP contribution in [0, 0.1) is 0 Å². The number of nitrogens with zero attached hydrogens (tertiary/aromatic N) is 3. The zero-order valence-corrected chi connectivity index (χ0v) is 16.1. The fraction of sp³-hybridized carbons (Fsp3) is 0.444. The first-order valence-electron chi connectivity index (χ1n) is 8.61. The lowest BCUT2D eigenvalue weighted by Gasteiger charge is -2.14. The quantitative estimate of drug-likeness (QED) is 0.772. The largest absolute Gasteiger partial charge is 0.493 e. The second-order valence-corrected chi connectivity index (χ2v) is 6.17. The van der Waals surface area contributed by atoms with Gasteiger partial charge in [-0.15, -0.1) is 0 Å². The summed E-state index contributed by atoms with van der Waals surface area (Å²) < 4.78 is 12.5. The molecule has 0 aliphatic rings. The molecule has 0 saturated heterocycles. The number of carbonyl (C=O) groups excluding carboxylic acids is 1. The summed E-state index contributed by atoms with van der Waals surface area (Å²) >= 11 is 0. The Labute approximate surface area is 156 Å². The van der Waals surface area contributed by atoms with Crippen molar-refractivity contribution < 1.29 is 14.3 Å². The summed E-state index contributed by atoms with van der Waals surface area (Å²) in [7, 11) is 2.97. The third-order valence-corrected chi connectivity index (χ3v) is 3.75. The molecule has 1 aromatic carbocycles. The van der Waals surface area contributed by atoms with Gasteiger partial charge in [0.25, 0.3) is 11.5 Å². The van der Waals surface area contributed by atoms with Crippen LogP contribution in [0.3, 0.4) is 0 Å². The molecule has 0 unspecified atom stereocenters. The third kappa shape index (κ3) is 4.18. The van der Waals surface area contributed by atoms with Crippen molar-refractivity contribution in [1.82, 2.24) is 19.7 Å². The first-order valence-corrected chi connectivity index (χ1v) is 8.61. The highest BCUT2D eigenvalue weighted by Gasteiger charge is 2.21. The number of nitrogens with one attached hydrogen (secondary N) is 1. The number of hydrogen-bond acceptors (Lipinski definition) is 6. The van der Waals surface area contributed by atoms with Crippen LogP contribution >= 0.6 is 0 Å². The fourth-order valence-electron chi connectivity index (χ4n) is 2.53. The van der Waals surface area contributed by atoms with Crippen molar-refractivity contribution >= 4 is 5.91 Å². The number of carbonyl (C=O) groups is 1. The van der Waals surface area contributed by atoms with Crippen molar-refractivity contribution in [2.75, 3.05) is 14.2 Å². The summed E-state index contributed by atoms with van der Waals surface area (Å²) in [6.45, 7) is 5.55. The highest BCUT2D eigenvalue weighted by Crippen LogP contribution is 2.28. The van der Waals surface area contributed by atoms with E-state index in [0.717, 1.165) is 9.25 Å². The molecule has 2 aromatic rings. The smallest absolute Gasteiger partial charge is 0.352 e. The Kier molecular flexibility index (Phi) is 6.38. The zero-order chi connectivity index (χ0) is 20.1. The van der Waals surface area contributed by atoms with E-state index in [0.29, 0.717) is 23.6 Å². The van der Waals surface area contributed by atoms with Crippen LogP contribution < -0.4 is 26.0 Å². The fourth-order valence-corrected chi connectivity index (χ4v) is 2.53. The summed E-state index contributed by atoms with van der Waals surface area (Å²) in [5.74, 6) is 0.244. The van der Waals surface area contributed by atoms with Crippen LogP contribution in [0.25, 0.3) is 5.69 Å². The molecule has 9 heteroatoms. The second kappa shape index (κ2) is 8.52. The minimum Gasteiger partial charge on any atom is -0.493 e. The van der Waals surface area contributed by atoms with Crippen LogP contribution in [0.2, 0.25) is 0 Å². The Hall–Kier alpha value is -3.10. The molecular weight excluding hydrogens is 352 g/mol. The predicted molar refractivity (Wildman–Crippen MR) is 100 cm³/mol. The molecule has 27 heavy (non-hydrogen) atoms. The number of rotatable bonds is 7. The SMILES string of the molecule is CCCn1c(=O)c(C(=O)NC(C)C)nn(-c2ccc(OC)c(OC)c2)c1=O. The van der Waals surface area contributed by atoms with Crippen molar-refractivity contribution in [3.8, 4) is 17.2 Å². The summed E-state index contributed by atoms with van der Waals surface area (Å²) in [5, 5.41) is 6.66. The first-order chi connectivity index (χ1) is 12.8. The van der Waals surface area contributed by atoms with Gasteiger partial charge in [0.05, 0.1) is 19.9 Å². The summed E-state index contributed by atoms with van der Waals surface area (Å²) in [4.78, 5) is 37.8. The minimum atomic E-state index is -0.711. The number of hydrogen-bond donors (Lipinski definition) is 1. The molecule has 0 saturated carbocycles. The molecule has 0 atom stereocenters. The Morgan fingerprint density at radius 3 is 2.41 bits per heavy atom. The molecular formula is C18H24N4O5. The lowest BCUT2D eigenvalue weighted by molar-refractivity contribution is 0.0933. The van der Waals surface area contributed by atoms with Gasteiger partial charge in [-0.2, -0.15) is 9.78 Å². The number of methoxy groups -OCH3 is 2. The summed E-state index contributed by atoms with van der Waals surface area (Å²) in [6.07, 6.45) is 0.552. The van der Waals surface area contributed by atoms with Crippen LogP contribution in [0.15, 0.2) is 27.8 Å². The number of ether oxygens (including phenoxy) is 2. The van der Waals surface area contributed by atoms with Gasteiger partial charge in [0.2, 0.25) is 5.69 Å². The molecule has 146 valence electrons. The molecule has 9 nitrogen and oxygen atoms in total. The Morgan fingerprint density at radius 2 is 1.85 bits per heavy atom. The minimum absolute atomic E-state index is 0.176. The van der Waals surface area contributed by atoms with E-state index >= 15 is 0 Å². The average Bonchev–Trinajstić information content (AvgIpc) is 2.64. The normalized spacial score (nSPS) is 10.7. The van der Waals surface area contributed by atoms with E-state index in [9.17, 15) is 14.4 Å². The predicted octanol–water partition coefficient (Wildman–Crippen LogP) is 0.960. The van der Waals surface area contributed by atoms with Crippen LogP contribution in [0.5, 0.6) is 11.5 Å². The third-order valence-electron chi connectivity index (χ3n) is 3.75. The van der Waals surface area contributed by atoms with E-state index in [4.69, 9.17) is 9.47 Å². The molecule has 1 heterocycles. The molecule has 1 aromatic heterocycles. The van der Waals surface area contributed by atoms with E-state index in [2.05, 4.69) is 10.4 Å². The van der Waals surface area contributed by atoms with Crippen molar-refractivity contribution in [1.29, 1.82) is 0 Å². The highest BCUT2D eigenvalue weighted by molar-refractivity contribution is 5.91. The molecule has 0 aliphatic carbocycles. The maximum atomic E-state index is 12.8. The van der Waals surface area contributed by atoms with Gasteiger partial charge in [0, 0.05) is 18.7 Å². The average molecular weight is 376 g/mol. The van der Waals surface area contributed by atoms with Crippen LogP contribution in [-0.2, 0) is 6.54 Å². The molecule has 2 rings (SSSR count). The second-order valence-electron chi connectivity index (χ2n) is 6.17. The number of amides is 1. The van der Waals surface area contributed by atoms with Crippen LogP contribution in [0.1, 0.15) is 37.7 Å². The Bertz CT molecular complexity index is 946. The highest BCUT2D eigenvalue weighted by atomic mass is 16.5. The monoisotopic (exact) mass is 376 g/mol. The maximum absolute atomic E-state index is 12.8. The standard InChI is InChI=1S/C18H24N4O5/c1-6-9-21-17(24)15(16(23)19-11(2)3)20-22(18(21)25)12-7-8-13(26-4)14(10-12)27-5/h7-8,10-11H,6,9H2,1-5H3,(H,19,23). The molecule has 0 bridgehead atoms. The van der Waals surface area contributed by atoms with Gasteiger partial charge in [0.1, 0.15) is 0 Å². The number of aromatic nitrogens is 3. The summed E-state index contributed by atoms with van der Waals surface area (Å²) in [6, 6.07) is 4.59. The molecule has 0 radical (unpaired) electrons. The van der Waals surface area contributed by atoms with Crippen molar-refractivity contribution in [2.45, 2.75) is 39.8 Å². The van der Waals surface area contributed by atoms with Gasteiger partial charge in [-0.05, 0) is 32.4 Å². The van der Waals surface area contributed by atoms with Crippen molar-refractivity contribution in [3.63, 3.8) is 0 Å². The van der Waals surface area contributed by atoms with Gasteiger partial charge >= 0.3 is 5.69 Å². The summed E-state index contributed by atoms with van der Waals surface area (Å²) in [5.41, 5.74) is -1.33. The van der Waals surface area contributed by atoms with E-state index in [1.54, 1.807) is 32.0 Å². The maximum Gasteiger partial charge on any atom is 0.352 e. The van der Waals surface area contributed by atoms with Crippen molar-refractivity contribution in [2.24, 2.45) is 0 Å².